The lowest BCUT2D eigenvalue weighted by atomic mass is 10.6. The molecule has 2 nitrogen and oxygen atoms in total. The molecule has 8 heavy (non-hydrogen) atoms. The normalized spacial score (nSPS) is 18.8. The number of hydrogen-bond donors (Lipinski definition) is 0. The van der Waals surface area contributed by atoms with E-state index in [0.29, 0.717) is 0 Å². The Hall–Kier alpha value is -0.570. The number of carbonyl (C=O) groups is 1. The molecule has 1 amide bonds. The Kier molecular flexibility index (Phi) is 1.86. The Morgan fingerprint density at radius 1 is 1.75 bits per heavy atom. The van der Waals surface area contributed by atoms with Crippen molar-refractivity contribution in [3.8, 4) is 0 Å². The Labute approximate surface area is 51.7 Å². The Morgan fingerprint density at radius 2 is 2.62 bits per heavy atom. The van der Waals surface area contributed by atoms with Crippen molar-refractivity contribution in [2.75, 3.05) is 5.75 Å². The van der Waals surface area contributed by atoms with Crippen molar-refractivity contribution in [3.63, 3.8) is 0 Å². The van der Waals surface area contributed by atoms with Crippen LogP contribution >= 0.6 is 11.8 Å². The third-order valence-electron chi connectivity index (χ3n) is 0.696. The molecule has 1 rings (SSSR count). The van der Waals surface area contributed by atoms with Crippen LogP contribution < -0.4 is 0 Å². The minimum atomic E-state index is -0.157. The van der Waals surface area contributed by atoms with Gasteiger partial charge in [0.25, 0.3) is 5.91 Å². The van der Waals surface area contributed by atoms with Gasteiger partial charge in [0.1, 0.15) is 0 Å². The van der Waals surface area contributed by atoms with E-state index < -0.39 is 0 Å². The molecule has 1 aliphatic heterocycles. The van der Waals surface area contributed by atoms with Crippen LogP contribution in [0.25, 0.3) is 0 Å². The summed E-state index contributed by atoms with van der Waals surface area (Å²) in [4.78, 5) is 13.9. The smallest absolute Gasteiger partial charge is 0.267 e. The molecule has 0 unspecified atom stereocenters. The highest BCUT2D eigenvalue weighted by atomic mass is 32.2. The van der Waals surface area contributed by atoms with Crippen LogP contribution in [0.3, 0.4) is 0 Å². The monoisotopic (exact) mass is 127 g/mol. The predicted octanol–water partition coefficient (Wildman–Crippen LogP) is 0.844. The van der Waals surface area contributed by atoms with Gasteiger partial charge in [0.15, 0.2) is 0 Å². The van der Waals surface area contributed by atoms with Gasteiger partial charge in [-0.05, 0) is 5.41 Å². The second-order valence-corrected chi connectivity index (χ2v) is 2.22. The molecule has 0 fully saturated rings. The topological polar surface area (TPSA) is 29.4 Å². The minimum Gasteiger partial charge on any atom is -0.267 e. The van der Waals surface area contributed by atoms with E-state index in [1.807, 2.05) is 0 Å². The molecule has 0 aromatic rings. The standard InChI is InChI=1S/C5H5NOS/c7-5-1-3-8-4-2-6-5/h1-3H,4H2. The van der Waals surface area contributed by atoms with Crippen molar-refractivity contribution < 1.29 is 4.79 Å². The van der Waals surface area contributed by atoms with E-state index >= 15 is 0 Å². The largest absolute Gasteiger partial charge is 0.269 e. The summed E-state index contributed by atoms with van der Waals surface area (Å²) in [5, 5.41) is 1.76. The van der Waals surface area contributed by atoms with E-state index in [9.17, 15) is 4.79 Å². The van der Waals surface area contributed by atoms with Crippen molar-refractivity contribution in [1.29, 1.82) is 0 Å². The Morgan fingerprint density at radius 3 is 3.50 bits per heavy atom. The van der Waals surface area contributed by atoms with Gasteiger partial charge >= 0.3 is 0 Å². The number of hydrogen-bond acceptors (Lipinski definition) is 2. The summed E-state index contributed by atoms with van der Waals surface area (Å²) < 4.78 is 0. The van der Waals surface area contributed by atoms with Gasteiger partial charge in [0, 0.05) is 18.0 Å². The number of nitrogens with zero attached hydrogens (tertiary/aromatic N) is 1. The summed E-state index contributed by atoms with van der Waals surface area (Å²) in [5.41, 5.74) is 0. The zero-order valence-corrected chi connectivity index (χ0v) is 5.02. The van der Waals surface area contributed by atoms with Gasteiger partial charge in [-0.1, -0.05) is 0 Å². The fraction of sp³-hybridized carbons (Fsp3) is 0.200. The van der Waals surface area contributed by atoms with Crippen molar-refractivity contribution in [3.05, 3.63) is 11.5 Å². The van der Waals surface area contributed by atoms with Gasteiger partial charge < -0.3 is 0 Å². The van der Waals surface area contributed by atoms with Crippen molar-refractivity contribution >= 4 is 23.9 Å². The predicted molar refractivity (Wildman–Crippen MR) is 35.1 cm³/mol. The Bertz CT molecular complexity index is 135. The highest BCUT2D eigenvalue weighted by Gasteiger charge is 1.91. The SMILES string of the molecule is O=C1C=CSCC=N1. The first-order chi connectivity index (χ1) is 3.89. The average Bonchev–Trinajstić information content (AvgIpc) is 1.94. The summed E-state index contributed by atoms with van der Waals surface area (Å²) in [6.45, 7) is 0. The number of thioether (sulfide) groups is 1. The lowest BCUT2D eigenvalue weighted by Crippen LogP contribution is -1.83. The third-order valence-corrected chi connectivity index (χ3v) is 1.37. The van der Waals surface area contributed by atoms with Gasteiger partial charge in [0.05, 0.1) is 0 Å². The van der Waals surface area contributed by atoms with Crippen LogP contribution in [-0.4, -0.2) is 17.9 Å². The molecule has 0 bridgehead atoms. The van der Waals surface area contributed by atoms with Gasteiger partial charge in [-0.3, -0.25) is 4.79 Å². The summed E-state index contributed by atoms with van der Waals surface area (Å²) >= 11 is 1.57. The fourth-order valence-corrected chi connectivity index (χ4v) is 0.860. The molecule has 1 heterocycles. The highest BCUT2D eigenvalue weighted by Crippen LogP contribution is 2.02. The van der Waals surface area contributed by atoms with Crippen LogP contribution in [-0.2, 0) is 4.79 Å². The molecule has 0 aromatic carbocycles. The lowest BCUT2D eigenvalue weighted by molar-refractivity contribution is -0.113. The van der Waals surface area contributed by atoms with Crippen LogP contribution in [0.2, 0.25) is 0 Å². The minimum absolute atomic E-state index is 0.157. The van der Waals surface area contributed by atoms with Crippen LogP contribution in [0.4, 0.5) is 0 Å². The van der Waals surface area contributed by atoms with E-state index in [1.165, 1.54) is 6.08 Å². The van der Waals surface area contributed by atoms with E-state index in [0.717, 1.165) is 5.75 Å². The number of carbonyl (C=O) groups excluding carboxylic acids is 1. The van der Waals surface area contributed by atoms with Crippen LogP contribution in [0.15, 0.2) is 16.5 Å². The van der Waals surface area contributed by atoms with Gasteiger partial charge in [-0.25, -0.2) is 4.99 Å². The van der Waals surface area contributed by atoms with Crippen molar-refractivity contribution in [1.82, 2.24) is 0 Å². The Balaban J connectivity index is 2.64. The van der Waals surface area contributed by atoms with Crippen LogP contribution in [0.5, 0.6) is 0 Å². The molecule has 42 valence electrons. The van der Waals surface area contributed by atoms with Gasteiger partial charge in [0.2, 0.25) is 0 Å². The first-order valence-electron chi connectivity index (χ1n) is 2.24. The number of aliphatic imine (C=N–C) groups is 1. The number of amides is 1. The first-order valence-corrected chi connectivity index (χ1v) is 3.29. The van der Waals surface area contributed by atoms with Gasteiger partial charge in [-0.15, -0.1) is 11.8 Å². The average molecular weight is 127 g/mol. The molecule has 1 aliphatic rings. The highest BCUT2D eigenvalue weighted by molar-refractivity contribution is 8.02. The maximum atomic E-state index is 10.4. The molecule has 0 saturated carbocycles. The second kappa shape index (κ2) is 2.67. The second-order valence-electron chi connectivity index (χ2n) is 1.29. The third kappa shape index (κ3) is 1.50. The van der Waals surface area contributed by atoms with Crippen molar-refractivity contribution in [2.45, 2.75) is 0 Å². The zero-order chi connectivity index (χ0) is 5.82. The van der Waals surface area contributed by atoms with Crippen LogP contribution in [0, 0.1) is 0 Å². The summed E-state index contributed by atoms with van der Waals surface area (Å²) in [6, 6.07) is 0. The van der Waals surface area contributed by atoms with Gasteiger partial charge in [-0.2, -0.15) is 0 Å². The molecule has 0 radical (unpaired) electrons. The molecule has 0 atom stereocenters. The summed E-state index contributed by atoms with van der Waals surface area (Å²) in [6.07, 6.45) is 3.08. The van der Waals surface area contributed by atoms with E-state index in [1.54, 1.807) is 23.4 Å². The maximum Gasteiger partial charge on any atom is 0.269 e. The number of rotatable bonds is 0. The molecule has 3 heteroatoms. The zero-order valence-electron chi connectivity index (χ0n) is 4.20. The van der Waals surface area contributed by atoms with E-state index in [-0.39, 0.29) is 5.91 Å². The summed E-state index contributed by atoms with van der Waals surface area (Å²) in [5.74, 6) is 0.650. The fourth-order valence-electron chi connectivity index (χ4n) is 0.375. The maximum absolute atomic E-state index is 10.4. The van der Waals surface area contributed by atoms with Crippen molar-refractivity contribution in [2.24, 2.45) is 4.99 Å². The molecule has 0 saturated heterocycles. The molecular weight excluding hydrogens is 122 g/mol. The molecule has 0 aromatic heterocycles. The quantitative estimate of drug-likeness (QED) is 0.482. The van der Waals surface area contributed by atoms with E-state index in [2.05, 4.69) is 4.99 Å². The molecule has 0 spiro atoms. The lowest BCUT2D eigenvalue weighted by Gasteiger charge is -1.75. The molecular formula is C5H5NOS. The first kappa shape index (κ1) is 5.56. The summed E-state index contributed by atoms with van der Waals surface area (Å²) in [7, 11) is 0. The van der Waals surface area contributed by atoms with E-state index in [4.69, 9.17) is 0 Å². The molecule has 0 aliphatic carbocycles. The van der Waals surface area contributed by atoms with Crippen LogP contribution in [0.1, 0.15) is 0 Å². The molecule has 0 N–H and O–H groups in total.